The van der Waals surface area contributed by atoms with Gasteiger partial charge in [0.15, 0.2) is 36.3 Å². The zero-order chi connectivity index (χ0) is 25.8. The van der Waals surface area contributed by atoms with Gasteiger partial charge in [0.25, 0.3) is 11.8 Å². The first kappa shape index (κ1) is 25.0. The molecule has 0 aliphatic carbocycles. The van der Waals surface area contributed by atoms with Crippen molar-refractivity contribution in [3.63, 3.8) is 0 Å². The van der Waals surface area contributed by atoms with E-state index in [0.717, 1.165) is 12.0 Å². The van der Waals surface area contributed by atoms with Gasteiger partial charge in [-0.25, -0.2) is 4.39 Å². The molecule has 1 aromatic heterocycles. The third kappa shape index (κ3) is 5.56. The molecule has 0 fully saturated rings. The molecule has 2 aromatic carbocycles. The molecule has 0 radical (unpaired) electrons. The third-order valence-electron chi connectivity index (χ3n) is 5.86. The van der Waals surface area contributed by atoms with E-state index in [-0.39, 0.29) is 54.7 Å². The minimum atomic E-state index is -0.556. The second-order valence-electron chi connectivity index (χ2n) is 8.65. The van der Waals surface area contributed by atoms with Crippen LogP contribution in [0.25, 0.3) is 0 Å². The Morgan fingerprint density at radius 2 is 1.97 bits per heavy atom. The van der Waals surface area contributed by atoms with Crippen LogP contribution in [0.2, 0.25) is 0 Å². The standard InChI is InChI=1S/C27H27FN2O6/c1-4-17(3)29-27(33)24-10-7-19(36-24)13-30-21-12-18(6-9-23(21)35-15-26(30)32)22(31)14-34-25-11-16(2)5-8-20(25)28/h5-12,17H,4,13-15H2,1-3H3,(H,29,33). The fourth-order valence-electron chi connectivity index (χ4n) is 3.63. The first-order chi connectivity index (χ1) is 17.2. The molecule has 1 atom stereocenters. The van der Waals surface area contributed by atoms with Crippen LogP contribution in [0, 0.1) is 12.7 Å². The summed E-state index contributed by atoms with van der Waals surface area (Å²) in [6.07, 6.45) is 0.782. The molecule has 0 saturated heterocycles. The van der Waals surface area contributed by atoms with Crippen LogP contribution in [-0.4, -0.2) is 36.9 Å². The molecule has 1 N–H and O–H groups in total. The number of aryl methyl sites for hydroxylation is 1. The summed E-state index contributed by atoms with van der Waals surface area (Å²) >= 11 is 0. The summed E-state index contributed by atoms with van der Waals surface area (Å²) in [5.74, 6) is -0.630. The average Bonchev–Trinajstić information content (AvgIpc) is 3.34. The predicted octanol–water partition coefficient (Wildman–Crippen LogP) is 4.44. The fraction of sp³-hybridized carbons (Fsp3) is 0.296. The Hall–Kier alpha value is -4.14. The molecule has 2 heterocycles. The summed E-state index contributed by atoms with van der Waals surface area (Å²) in [5.41, 5.74) is 1.47. The zero-order valence-corrected chi connectivity index (χ0v) is 20.3. The molecular weight excluding hydrogens is 467 g/mol. The van der Waals surface area contributed by atoms with Gasteiger partial charge in [-0.2, -0.15) is 0 Å². The number of benzene rings is 2. The van der Waals surface area contributed by atoms with Crippen LogP contribution >= 0.6 is 0 Å². The molecule has 1 unspecified atom stereocenters. The van der Waals surface area contributed by atoms with Crippen molar-refractivity contribution in [3.05, 3.63) is 77.0 Å². The van der Waals surface area contributed by atoms with Crippen LogP contribution in [0.1, 0.15) is 52.5 Å². The number of anilines is 1. The van der Waals surface area contributed by atoms with E-state index in [0.29, 0.717) is 17.2 Å². The SMILES string of the molecule is CCC(C)NC(=O)c1ccc(CN2C(=O)COc3ccc(C(=O)COc4cc(C)ccc4F)cc32)o1. The number of nitrogens with one attached hydrogen (secondary N) is 1. The molecule has 1 aliphatic heterocycles. The summed E-state index contributed by atoms with van der Waals surface area (Å²) in [6, 6.07) is 12.3. The molecule has 2 amide bonds. The highest BCUT2D eigenvalue weighted by molar-refractivity contribution is 6.02. The number of fused-ring (bicyclic) bond motifs is 1. The van der Waals surface area contributed by atoms with Crippen LogP contribution in [0.5, 0.6) is 11.5 Å². The number of amides is 2. The number of ketones is 1. The molecule has 8 nitrogen and oxygen atoms in total. The zero-order valence-electron chi connectivity index (χ0n) is 20.3. The topological polar surface area (TPSA) is 98.1 Å². The van der Waals surface area contributed by atoms with Gasteiger partial charge in [-0.1, -0.05) is 13.0 Å². The highest BCUT2D eigenvalue weighted by Gasteiger charge is 2.28. The number of halogens is 1. The van der Waals surface area contributed by atoms with Gasteiger partial charge in [0.2, 0.25) is 0 Å². The van der Waals surface area contributed by atoms with Gasteiger partial charge in [0.05, 0.1) is 12.2 Å². The van der Waals surface area contributed by atoms with Gasteiger partial charge < -0.3 is 19.2 Å². The molecule has 0 bridgehead atoms. The van der Waals surface area contributed by atoms with Gasteiger partial charge in [0.1, 0.15) is 11.5 Å². The van der Waals surface area contributed by atoms with Gasteiger partial charge in [0, 0.05) is 11.6 Å². The summed E-state index contributed by atoms with van der Waals surface area (Å²) < 4.78 is 30.5. The van der Waals surface area contributed by atoms with Crippen LogP contribution in [-0.2, 0) is 11.3 Å². The number of Topliss-reactive ketones (excluding diaryl/α,β-unsaturated/α-hetero) is 1. The molecule has 188 valence electrons. The van der Waals surface area contributed by atoms with Gasteiger partial charge >= 0.3 is 0 Å². The van der Waals surface area contributed by atoms with Crippen LogP contribution < -0.4 is 19.7 Å². The normalized spacial score (nSPS) is 13.6. The van der Waals surface area contributed by atoms with Crippen molar-refractivity contribution in [2.45, 2.75) is 39.8 Å². The number of furan rings is 1. The van der Waals surface area contributed by atoms with Gasteiger partial charge in [-0.3, -0.25) is 19.3 Å². The Morgan fingerprint density at radius 1 is 1.17 bits per heavy atom. The van der Waals surface area contributed by atoms with E-state index in [1.54, 1.807) is 37.3 Å². The molecule has 36 heavy (non-hydrogen) atoms. The highest BCUT2D eigenvalue weighted by atomic mass is 19.1. The van der Waals surface area contributed by atoms with E-state index >= 15 is 0 Å². The number of nitrogens with zero attached hydrogens (tertiary/aromatic N) is 1. The third-order valence-corrected chi connectivity index (χ3v) is 5.86. The number of rotatable bonds is 9. The second-order valence-corrected chi connectivity index (χ2v) is 8.65. The van der Waals surface area contributed by atoms with E-state index in [1.165, 1.54) is 23.1 Å². The van der Waals surface area contributed by atoms with Gasteiger partial charge in [-0.05, 0) is 68.3 Å². The maximum absolute atomic E-state index is 13.9. The second kappa shape index (κ2) is 10.6. The van der Waals surface area contributed by atoms with Crippen molar-refractivity contribution in [2.75, 3.05) is 18.1 Å². The fourth-order valence-corrected chi connectivity index (χ4v) is 3.63. The van der Waals surface area contributed by atoms with Crippen LogP contribution in [0.4, 0.5) is 10.1 Å². The molecule has 0 spiro atoms. The first-order valence-electron chi connectivity index (χ1n) is 11.6. The highest BCUT2D eigenvalue weighted by Crippen LogP contribution is 2.34. The van der Waals surface area contributed by atoms with Crippen molar-refractivity contribution in [1.29, 1.82) is 0 Å². The maximum Gasteiger partial charge on any atom is 0.287 e. The summed E-state index contributed by atoms with van der Waals surface area (Å²) in [5, 5.41) is 2.83. The quantitative estimate of drug-likeness (QED) is 0.442. The van der Waals surface area contributed by atoms with Crippen molar-refractivity contribution >= 4 is 23.3 Å². The van der Waals surface area contributed by atoms with E-state index in [2.05, 4.69) is 5.32 Å². The molecule has 3 aromatic rings. The molecule has 0 saturated carbocycles. The minimum absolute atomic E-state index is 0.00101. The first-order valence-corrected chi connectivity index (χ1v) is 11.6. The number of carbonyl (C=O) groups is 3. The van der Waals surface area contributed by atoms with E-state index in [1.807, 2.05) is 13.8 Å². The van der Waals surface area contributed by atoms with Crippen molar-refractivity contribution < 1.29 is 32.7 Å². The molecular formula is C27H27FN2O6. The maximum atomic E-state index is 13.9. The Labute approximate surface area is 208 Å². The van der Waals surface area contributed by atoms with Gasteiger partial charge in [-0.15, -0.1) is 0 Å². The molecule has 9 heteroatoms. The Bertz CT molecular complexity index is 1300. The van der Waals surface area contributed by atoms with Crippen molar-refractivity contribution in [2.24, 2.45) is 0 Å². The summed E-state index contributed by atoms with van der Waals surface area (Å²) in [7, 11) is 0. The number of carbonyl (C=O) groups excluding carboxylic acids is 3. The van der Waals surface area contributed by atoms with E-state index in [4.69, 9.17) is 13.9 Å². The lowest BCUT2D eigenvalue weighted by Crippen LogP contribution is -2.38. The van der Waals surface area contributed by atoms with Crippen molar-refractivity contribution in [3.8, 4) is 11.5 Å². The Morgan fingerprint density at radius 3 is 2.75 bits per heavy atom. The minimum Gasteiger partial charge on any atom is -0.482 e. The molecule has 4 rings (SSSR count). The molecule has 1 aliphatic rings. The largest absolute Gasteiger partial charge is 0.482 e. The number of hydrogen-bond donors (Lipinski definition) is 1. The summed E-state index contributed by atoms with van der Waals surface area (Å²) in [4.78, 5) is 39.2. The lowest BCUT2D eigenvalue weighted by atomic mass is 10.1. The lowest BCUT2D eigenvalue weighted by molar-refractivity contribution is -0.121. The van der Waals surface area contributed by atoms with Crippen LogP contribution in [0.15, 0.2) is 52.9 Å². The average molecular weight is 495 g/mol. The number of hydrogen-bond acceptors (Lipinski definition) is 6. The summed E-state index contributed by atoms with van der Waals surface area (Å²) in [6.45, 7) is 5.16. The Balaban J connectivity index is 1.50. The Kier molecular flexibility index (Phi) is 7.38. The van der Waals surface area contributed by atoms with Crippen LogP contribution in [0.3, 0.4) is 0 Å². The number of ether oxygens (including phenoxy) is 2. The monoisotopic (exact) mass is 494 g/mol. The smallest absolute Gasteiger partial charge is 0.287 e. The van der Waals surface area contributed by atoms with Crippen molar-refractivity contribution in [1.82, 2.24) is 5.32 Å². The van der Waals surface area contributed by atoms with E-state index in [9.17, 15) is 18.8 Å². The van der Waals surface area contributed by atoms with E-state index < -0.39 is 11.6 Å². The predicted molar refractivity (Wildman–Crippen MR) is 130 cm³/mol. The lowest BCUT2D eigenvalue weighted by Gasteiger charge is -2.29.